The van der Waals surface area contributed by atoms with Crippen LogP contribution >= 0.6 is 11.6 Å². The van der Waals surface area contributed by atoms with Gasteiger partial charge in [0.25, 0.3) is 5.91 Å². The number of rotatable bonds is 3. The van der Waals surface area contributed by atoms with Crippen molar-refractivity contribution in [3.63, 3.8) is 0 Å². The summed E-state index contributed by atoms with van der Waals surface area (Å²) in [6.07, 6.45) is 0. The summed E-state index contributed by atoms with van der Waals surface area (Å²) in [7, 11) is 3.77. The second kappa shape index (κ2) is 5.67. The molecule has 5 heteroatoms. The van der Waals surface area contributed by atoms with Gasteiger partial charge in [-0.1, -0.05) is 23.7 Å². The van der Waals surface area contributed by atoms with Gasteiger partial charge in [0.05, 0.1) is 16.1 Å². The number of hydrogen-bond donors (Lipinski definition) is 1. The lowest BCUT2D eigenvalue weighted by Crippen LogP contribution is -2.30. The van der Waals surface area contributed by atoms with Crippen molar-refractivity contribution in [1.29, 1.82) is 0 Å². The number of para-hydroxylation sites is 1. The maximum atomic E-state index is 12.4. The maximum absolute atomic E-state index is 12.4. The highest BCUT2D eigenvalue weighted by molar-refractivity contribution is 6.35. The largest absolute Gasteiger partial charge is 0.363 e. The molecule has 0 bridgehead atoms. The van der Waals surface area contributed by atoms with Gasteiger partial charge >= 0.3 is 0 Å². The van der Waals surface area contributed by atoms with Gasteiger partial charge in [0.1, 0.15) is 5.82 Å². The molecular formula is C15H18ClN3O. The minimum Gasteiger partial charge on any atom is -0.363 e. The topological polar surface area (TPSA) is 45.2 Å². The summed E-state index contributed by atoms with van der Waals surface area (Å²) in [5.74, 6) is 0.595. The average molecular weight is 292 g/mol. The smallest absolute Gasteiger partial charge is 0.252 e. The first kappa shape index (κ1) is 14.6. The van der Waals surface area contributed by atoms with Gasteiger partial charge in [-0.15, -0.1) is 0 Å². The number of carbonyl (C=O) groups is 1. The molecule has 0 radical (unpaired) electrons. The Morgan fingerprint density at radius 1 is 1.35 bits per heavy atom. The fraction of sp³-hybridized carbons (Fsp3) is 0.333. The third-order valence-electron chi connectivity index (χ3n) is 2.90. The summed E-state index contributed by atoms with van der Waals surface area (Å²) < 4.78 is 0. The number of anilines is 1. The molecule has 1 N–H and O–H groups in total. The van der Waals surface area contributed by atoms with E-state index in [1.165, 1.54) is 0 Å². The van der Waals surface area contributed by atoms with Crippen LogP contribution in [0.3, 0.4) is 0 Å². The molecule has 0 aliphatic rings. The number of hydrogen-bond acceptors (Lipinski definition) is 3. The van der Waals surface area contributed by atoms with E-state index in [1.807, 2.05) is 45.0 Å². The van der Waals surface area contributed by atoms with Gasteiger partial charge in [-0.2, -0.15) is 0 Å². The van der Waals surface area contributed by atoms with Crippen LogP contribution in [-0.2, 0) is 0 Å². The van der Waals surface area contributed by atoms with E-state index in [1.54, 1.807) is 12.1 Å². The van der Waals surface area contributed by atoms with Gasteiger partial charge in [-0.25, -0.2) is 4.98 Å². The minimum absolute atomic E-state index is 0.0766. The molecule has 1 aromatic heterocycles. The molecule has 1 amide bonds. The normalized spacial score (nSPS) is 10.9. The van der Waals surface area contributed by atoms with Gasteiger partial charge in [-0.05, 0) is 26.0 Å². The van der Waals surface area contributed by atoms with E-state index in [0.29, 0.717) is 21.9 Å². The van der Waals surface area contributed by atoms with Gasteiger partial charge in [-0.3, -0.25) is 4.79 Å². The highest BCUT2D eigenvalue weighted by Gasteiger charge is 2.15. The third kappa shape index (κ3) is 2.85. The van der Waals surface area contributed by atoms with Crippen LogP contribution in [0.4, 0.5) is 5.82 Å². The summed E-state index contributed by atoms with van der Waals surface area (Å²) in [5.41, 5.74) is 1.24. The van der Waals surface area contributed by atoms with Crippen molar-refractivity contribution in [1.82, 2.24) is 10.3 Å². The van der Waals surface area contributed by atoms with Crippen LogP contribution in [0, 0.1) is 0 Å². The SMILES string of the molecule is CC(C)NC(=O)c1cc(N(C)C)nc2c(Cl)cccc12. The van der Waals surface area contributed by atoms with Gasteiger partial charge < -0.3 is 10.2 Å². The van der Waals surface area contributed by atoms with E-state index in [0.717, 1.165) is 5.39 Å². The molecule has 0 aliphatic carbocycles. The molecule has 0 saturated heterocycles. The van der Waals surface area contributed by atoms with Crippen LogP contribution in [0.25, 0.3) is 10.9 Å². The first-order valence-electron chi connectivity index (χ1n) is 6.47. The number of carbonyl (C=O) groups excluding carboxylic acids is 1. The van der Waals surface area contributed by atoms with E-state index in [-0.39, 0.29) is 11.9 Å². The molecule has 1 heterocycles. The molecule has 1 aromatic carbocycles. The first-order chi connectivity index (χ1) is 9.40. The molecule has 0 fully saturated rings. The number of amides is 1. The highest BCUT2D eigenvalue weighted by atomic mass is 35.5. The molecule has 0 spiro atoms. The van der Waals surface area contributed by atoms with E-state index in [4.69, 9.17) is 11.6 Å². The van der Waals surface area contributed by atoms with Crippen molar-refractivity contribution in [2.45, 2.75) is 19.9 Å². The molecule has 0 saturated carbocycles. The zero-order chi connectivity index (χ0) is 14.9. The zero-order valence-electron chi connectivity index (χ0n) is 12.1. The molecule has 0 aliphatic heterocycles. The Labute approximate surface area is 123 Å². The number of halogens is 1. The molecule has 4 nitrogen and oxygen atoms in total. The Balaban J connectivity index is 2.67. The maximum Gasteiger partial charge on any atom is 0.252 e. The first-order valence-corrected chi connectivity index (χ1v) is 6.85. The third-order valence-corrected chi connectivity index (χ3v) is 3.20. The lowest BCUT2D eigenvalue weighted by atomic mass is 10.1. The monoisotopic (exact) mass is 291 g/mol. The van der Waals surface area contributed by atoms with Crippen LogP contribution < -0.4 is 10.2 Å². The second-order valence-electron chi connectivity index (χ2n) is 5.19. The minimum atomic E-state index is -0.113. The summed E-state index contributed by atoms with van der Waals surface area (Å²) in [5, 5.41) is 4.22. The molecule has 0 unspecified atom stereocenters. The van der Waals surface area contributed by atoms with E-state index < -0.39 is 0 Å². The lowest BCUT2D eigenvalue weighted by molar-refractivity contribution is 0.0945. The van der Waals surface area contributed by atoms with Gasteiger partial charge in [0, 0.05) is 25.5 Å². The van der Waals surface area contributed by atoms with E-state index in [2.05, 4.69) is 10.3 Å². The number of fused-ring (bicyclic) bond motifs is 1. The molecule has 2 rings (SSSR count). The molecular weight excluding hydrogens is 274 g/mol. The van der Waals surface area contributed by atoms with Gasteiger partial charge in [0.2, 0.25) is 0 Å². The molecule has 106 valence electrons. The number of nitrogens with one attached hydrogen (secondary N) is 1. The van der Waals surface area contributed by atoms with Crippen molar-refractivity contribution in [2.75, 3.05) is 19.0 Å². The Hall–Kier alpha value is -1.81. The Kier molecular flexibility index (Phi) is 4.14. The fourth-order valence-electron chi connectivity index (χ4n) is 1.96. The van der Waals surface area contributed by atoms with Crippen LogP contribution in [0.2, 0.25) is 5.02 Å². The number of nitrogens with zero attached hydrogens (tertiary/aromatic N) is 2. The van der Waals surface area contributed by atoms with E-state index >= 15 is 0 Å². The van der Waals surface area contributed by atoms with Crippen LogP contribution in [0.1, 0.15) is 24.2 Å². The Bertz CT molecular complexity index is 653. The van der Waals surface area contributed by atoms with Gasteiger partial charge in [0.15, 0.2) is 0 Å². The summed E-state index contributed by atoms with van der Waals surface area (Å²) in [6, 6.07) is 7.33. The summed E-state index contributed by atoms with van der Waals surface area (Å²) in [4.78, 5) is 18.7. The molecule has 0 atom stereocenters. The predicted molar refractivity (Wildman–Crippen MR) is 83.7 cm³/mol. The fourth-order valence-corrected chi connectivity index (χ4v) is 2.17. The quantitative estimate of drug-likeness (QED) is 0.945. The predicted octanol–water partition coefficient (Wildman–Crippen LogP) is 3.09. The van der Waals surface area contributed by atoms with Crippen LogP contribution in [0.5, 0.6) is 0 Å². The van der Waals surface area contributed by atoms with Crippen molar-refractivity contribution < 1.29 is 4.79 Å². The average Bonchev–Trinajstić information content (AvgIpc) is 2.37. The van der Waals surface area contributed by atoms with E-state index in [9.17, 15) is 4.79 Å². The number of aromatic nitrogens is 1. The van der Waals surface area contributed by atoms with Crippen molar-refractivity contribution in [2.24, 2.45) is 0 Å². The number of benzene rings is 1. The Morgan fingerprint density at radius 2 is 2.05 bits per heavy atom. The lowest BCUT2D eigenvalue weighted by Gasteiger charge is -2.16. The molecule has 2 aromatic rings. The second-order valence-corrected chi connectivity index (χ2v) is 5.59. The van der Waals surface area contributed by atoms with Crippen molar-refractivity contribution in [3.05, 3.63) is 34.9 Å². The zero-order valence-corrected chi connectivity index (χ0v) is 12.8. The standard InChI is InChI=1S/C15H18ClN3O/c1-9(2)17-15(20)11-8-13(19(3)4)18-14-10(11)6-5-7-12(14)16/h5-9H,1-4H3,(H,17,20). The highest BCUT2D eigenvalue weighted by Crippen LogP contribution is 2.27. The number of pyridine rings is 1. The van der Waals surface area contributed by atoms with Crippen LogP contribution in [-0.4, -0.2) is 31.0 Å². The summed E-state index contributed by atoms with van der Waals surface area (Å²) in [6.45, 7) is 3.86. The molecule has 20 heavy (non-hydrogen) atoms. The summed E-state index contributed by atoms with van der Waals surface area (Å²) >= 11 is 6.20. The van der Waals surface area contributed by atoms with Crippen LogP contribution in [0.15, 0.2) is 24.3 Å². The van der Waals surface area contributed by atoms with Crippen molar-refractivity contribution >= 4 is 34.2 Å². The van der Waals surface area contributed by atoms with Crippen molar-refractivity contribution in [3.8, 4) is 0 Å². The Morgan fingerprint density at radius 3 is 2.65 bits per heavy atom.